The van der Waals surface area contributed by atoms with Crippen LogP contribution >= 0.6 is 11.6 Å². The quantitative estimate of drug-likeness (QED) is 0.878. The molecule has 0 saturated carbocycles. The minimum Gasteiger partial charge on any atom is -0.451 e. The van der Waals surface area contributed by atoms with Crippen molar-refractivity contribution in [3.8, 4) is 0 Å². The Morgan fingerprint density at radius 2 is 2.18 bits per heavy atom. The third-order valence-electron chi connectivity index (χ3n) is 4.60. The van der Waals surface area contributed by atoms with Crippen molar-refractivity contribution in [1.29, 1.82) is 0 Å². The van der Waals surface area contributed by atoms with E-state index in [1.54, 1.807) is 23.1 Å². The molecular formula is C16H15ClN2O3. The van der Waals surface area contributed by atoms with Gasteiger partial charge in [0, 0.05) is 35.5 Å². The zero-order valence-corrected chi connectivity index (χ0v) is 12.9. The van der Waals surface area contributed by atoms with E-state index in [4.69, 9.17) is 16.0 Å². The maximum absolute atomic E-state index is 12.6. The van der Waals surface area contributed by atoms with E-state index in [2.05, 4.69) is 5.32 Å². The highest BCUT2D eigenvalue weighted by Crippen LogP contribution is 2.34. The van der Waals surface area contributed by atoms with Crippen LogP contribution in [0.5, 0.6) is 0 Å². The molecule has 0 radical (unpaired) electrons. The summed E-state index contributed by atoms with van der Waals surface area (Å²) in [4.78, 5) is 25.7. The largest absolute Gasteiger partial charge is 0.451 e. The molecule has 4 rings (SSSR count). The predicted molar refractivity (Wildman–Crippen MR) is 82.0 cm³/mol. The molecule has 6 heteroatoms. The molecule has 1 aromatic carbocycles. The Balaban J connectivity index is 1.59. The average molecular weight is 319 g/mol. The van der Waals surface area contributed by atoms with E-state index in [1.807, 2.05) is 6.92 Å². The predicted octanol–water partition coefficient (Wildman–Crippen LogP) is 2.50. The van der Waals surface area contributed by atoms with Gasteiger partial charge in [-0.05, 0) is 31.5 Å². The molecule has 0 aliphatic carbocycles. The fourth-order valence-corrected chi connectivity index (χ4v) is 3.55. The number of likely N-dealkylation sites (tertiary alicyclic amines) is 1. The van der Waals surface area contributed by atoms with Gasteiger partial charge in [-0.1, -0.05) is 11.6 Å². The second-order valence-electron chi connectivity index (χ2n) is 6.19. The lowest BCUT2D eigenvalue weighted by molar-refractivity contribution is -0.120. The van der Waals surface area contributed by atoms with Crippen LogP contribution in [-0.4, -0.2) is 35.3 Å². The zero-order chi connectivity index (χ0) is 15.5. The van der Waals surface area contributed by atoms with Crippen LogP contribution < -0.4 is 5.32 Å². The summed E-state index contributed by atoms with van der Waals surface area (Å²) in [6.07, 6.45) is 1.34. The molecule has 2 aromatic rings. The molecule has 2 fully saturated rings. The highest BCUT2D eigenvalue weighted by molar-refractivity contribution is 6.31. The van der Waals surface area contributed by atoms with Gasteiger partial charge in [-0.15, -0.1) is 0 Å². The third kappa shape index (κ3) is 1.92. The van der Waals surface area contributed by atoms with Crippen LogP contribution in [0.4, 0.5) is 0 Å². The van der Waals surface area contributed by atoms with E-state index in [9.17, 15) is 9.59 Å². The molecule has 22 heavy (non-hydrogen) atoms. The number of furan rings is 1. The normalized spacial score (nSPS) is 19.5. The van der Waals surface area contributed by atoms with E-state index in [0.29, 0.717) is 35.9 Å². The number of fused-ring (bicyclic) bond motifs is 1. The number of nitrogens with zero attached hydrogens (tertiary/aromatic N) is 1. The van der Waals surface area contributed by atoms with Gasteiger partial charge in [0.15, 0.2) is 5.76 Å². The van der Waals surface area contributed by atoms with Crippen molar-refractivity contribution < 1.29 is 14.0 Å². The van der Waals surface area contributed by atoms with E-state index in [-0.39, 0.29) is 17.4 Å². The van der Waals surface area contributed by atoms with Crippen LogP contribution in [-0.2, 0) is 4.79 Å². The summed E-state index contributed by atoms with van der Waals surface area (Å²) < 4.78 is 5.71. The molecule has 1 N–H and O–H groups in total. The van der Waals surface area contributed by atoms with E-state index in [1.165, 1.54) is 0 Å². The third-order valence-corrected chi connectivity index (χ3v) is 4.84. The van der Waals surface area contributed by atoms with Gasteiger partial charge in [0.05, 0.1) is 5.54 Å². The van der Waals surface area contributed by atoms with E-state index >= 15 is 0 Å². The summed E-state index contributed by atoms with van der Waals surface area (Å²) in [7, 11) is 0. The van der Waals surface area contributed by atoms with Crippen molar-refractivity contribution in [1.82, 2.24) is 10.2 Å². The second kappa shape index (κ2) is 4.49. The van der Waals surface area contributed by atoms with Crippen molar-refractivity contribution in [3.63, 3.8) is 0 Å². The lowest BCUT2D eigenvalue weighted by Gasteiger charge is -2.47. The summed E-state index contributed by atoms with van der Waals surface area (Å²) in [5.41, 5.74) is 1.25. The number of carbonyl (C=O) groups is 2. The van der Waals surface area contributed by atoms with Gasteiger partial charge in [0.2, 0.25) is 5.91 Å². The van der Waals surface area contributed by atoms with Crippen molar-refractivity contribution in [2.24, 2.45) is 0 Å². The number of amides is 2. The van der Waals surface area contributed by atoms with Crippen molar-refractivity contribution in [2.45, 2.75) is 25.3 Å². The van der Waals surface area contributed by atoms with Crippen LogP contribution in [0.1, 0.15) is 29.0 Å². The maximum Gasteiger partial charge on any atom is 0.290 e. The molecule has 2 aliphatic heterocycles. The molecule has 1 spiro atoms. The van der Waals surface area contributed by atoms with Gasteiger partial charge < -0.3 is 14.6 Å². The summed E-state index contributed by atoms with van der Waals surface area (Å²) in [5, 5.41) is 4.45. The number of nitrogens with one attached hydrogen (secondary N) is 1. The number of aryl methyl sites for hydroxylation is 1. The van der Waals surface area contributed by atoms with Crippen LogP contribution in [0.2, 0.25) is 5.02 Å². The van der Waals surface area contributed by atoms with Gasteiger partial charge in [0.25, 0.3) is 5.91 Å². The lowest BCUT2D eigenvalue weighted by Crippen LogP contribution is -2.68. The van der Waals surface area contributed by atoms with Gasteiger partial charge in [0.1, 0.15) is 5.58 Å². The van der Waals surface area contributed by atoms with Crippen molar-refractivity contribution >= 4 is 34.4 Å². The zero-order valence-electron chi connectivity index (χ0n) is 12.1. The highest BCUT2D eigenvalue weighted by Gasteiger charge is 2.50. The van der Waals surface area contributed by atoms with Gasteiger partial charge in [-0.2, -0.15) is 0 Å². The molecule has 2 aliphatic rings. The Hall–Kier alpha value is -2.01. The van der Waals surface area contributed by atoms with Crippen LogP contribution in [0.15, 0.2) is 22.6 Å². The first kappa shape index (κ1) is 13.6. The molecule has 0 atom stereocenters. The van der Waals surface area contributed by atoms with Crippen LogP contribution in [0, 0.1) is 6.92 Å². The molecule has 1 aromatic heterocycles. The fourth-order valence-electron chi connectivity index (χ4n) is 3.38. The number of hydrogen-bond acceptors (Lipinski definition) is 3. The molecule has 3 heterocycles. The average Bonchev–Trinajstić information content (AvgIpc) is 2.99. The first-order chi connectivity index (χ1) is 10.5. The standard InChI is InChI=1S/C16H15ClN2O3/c1-9-11-6-10(17)2-3-12(11)22-14(9)15(21)19-7-16(8-19)5-4-13(20)18-16/h2-3,6H,4-5,7-8H2,1H3,(H,18,20). The molecule has 2 amide bonds. The van der Waals surface area contributed by atoms with Gasteiger partial charge >= 0.3 is 0 Å². The summed E-state index contributed by atoms with van der Waals surface area (Å²) in [6, 6.07) is 5.32. The Morgan fingerprint density at radius 3 is 2.86 bits per heavy atom. The van der Waals surface area contributed by atoms with E-state index < -0.39 is 0 Å². The number of rotatable bonds is 1. The highest BCUT2D eigenvalue weighted by atomic mass is 35.5. The van der Waals surface area contributed by atoms with Crippen LogP contribution in [0.25, 0.3) is 11.0 Å². The van der Waals surface area contributed by atoms with Crippen molar-refractivity contribution in [2.75, 3.05) is 13.1 Å². The Labute approximate surface area is 132 Å². The summed E-state index contributed by atoms with van der Waals surface area (Å²) in [6.45, 7) is 2.96. The summed E-state index contributed by atoms with van der Waals surface area (Å²) >= 11 is 6.00. The SMILES string of the molecule is Cc1c(C(=O)N2CC3(CCC(=O)N3)C2)oc2ccc(Cl)cc12. The molecular weight excluding hydrogens is 304 g/mol. The second-order valence-corrected chi connectivity index (χ2v) is 6.62. The van der Waals surface area contributed by atoms with Crippen molar-refractivity contribution in [3.05, 3.63) is 34.5 Å². The minimum atomic E-state index is -0.212. The molecule has 114 valence electrons. The number of halogens is 1. The van der Waals surface area contributed by atoms with Gasteiger partial charge in [-0.25, -0.2) is 0 Å². The number of benzene rings is 1. The van der Waals surface area contributed by atoms with E-state index in [0.717, 1.165) is 17.4 Å². The first-order valence-corrected chi connectivity index (χ1v) is 7.64. The maximum atomic E-state index is 12.6. The topological polar surface area (TPSA) is 62.6 Å². The molecule has 0 unspecified atom stereocenters. The Bertz CT molecular complexity index is 805. The minimum absolute atomic E-state index is 0.0710. The Morgan fingerprint density at radius 1 is 1.41 bits per heavy atom. The number of hydrogen-bond donors (Lipinski definition) is 1. The van der Waals surface area contributed by atoms with Crippen LogP contribution in [0.3, 0.4) is 0 Å². The Kier molecular flexibility index (Phi) is 2.78. The fraction of sp³-hybridized carbons (Fsp3) is 0.375. The lowest BCUT2D eigenvalue weighted by atomic mass is 9.88. The molecule has 0 bridgehead atoms. The molecule has 2 saturated heterocycles. The molecule has 5 nitrogen and oxygen atoms in total. The number of carbonyl (C=O) groups excluding carboxylic acids is 2. The monoisotopic (exact) mass is 318 g/mol. The smallest absolute Gasteiger partial charge is 0.290 e. The van der Waals surface area contributed by atoms with Gasteiger partial charge in [-0.3, -0.25) is 9.59 Å². The summed E-state index contributed by atoms with van der Waals surface area (Å²) in [5.74, 6) is 0.301. The first-order valence-electron chi connectivity index (χ1n) is 7.26.